The minimum atomic E-state index is -2.12. The van der Waals surface area contributed by atoms with Gasteiger partial charge in [-0.25, -0.2) is 0 Å². The third-order valence-electron chi connectivity index (χ3n) is 2.34. The van der Waals surface area contributed by atoms with Crippen molar-refractivity contribution in [3.63, 3.8) is 0 Å². The lowest BCUT2D eigenvalue weighted by Gasteiger charge is -2.31. The molecular weight excluding hydrogens is 228 g/mol. The molecule has 1 rings (SSSR count). The molecule has 96 valence electrons. The van der Waals surface area contributed by atoms with Crippen LogP contribution in [0, 0.1) is 0 Å². The van der Waals surface area contributed by atoms with E-state index in [-0.39, 0.29) is 12.2 Å². The molecule has 0 heterocycles. The molecule has 0 atom stereocenters. The van der Waals surface area contributed by atoms with Gasteiger partial charge >= 0.3 is 8.56 Å². The summed E-state index contributed by atoms with van der Waals surface area (Å²) in [6, 6.07) is 11.3. The Morgan fingerprint density at radius 3 is 1.82 bits per heavy atom. The van der Waals surface area contributed by atoms with Gasteiger partial charge in [-0.1, -0.05) is 30.3 Å². The molecule has 0 saturated heterocycles. The molecule has 0 unspecified atom stereocenters. The minimum Gasteiger partial charge on any atom is -0.392 e. The molecule has 0 spiro atoms. The molecule has 0 saturated carbocycles. The SMILES string of the molecule is CC(C)O[Si](C)(Cc1ccccc1)OC(C)C. The van der Waals surface area contributed by atoms with E-state index in [9.17, 15) is 0 Å². The van der Waals surface area contributed by atoms with Crippen molar-refractivity contribution in [3.05, 3.63) is 35.9 Å². The zero-order chi connectivity index (χ0) is 12.9. The summed E-state index contributed by atoms with van der Waals surface area (Å²) in [5.74, 6) is 0. The molecule has 1 aromatic rings. The lowest BCUT2D eigenvalue weighted by molar-refractivity contribution is 0.109. The minimum absolute atomic E-state index is 0.217. The Morgan fingerprint density at radius 2 is 1.41 bits per heavy atom. The fraction of sp³-hybridized carbons (Fsp3) is 0.571. The fourth-order valence-electron chi connectivity index (χ4n) is 2.07. The molecule has 0 fully saturated rings. The Labute approximate surface area is 106 Å². The zero-order valence-corrected chi connectivity index (χ0v) is 12.6. The summed E-state index contributed by atoms with van der Waals surface area (Å²) in [5.41, 5.74) is 1.29. The Morgan fingerprint density at radius 1 is 0.941 bits per heavy atom. The fourth-order valence-corrected chi connectivity index (χ4v) is 5.27. The molecule has 17 heavy (non-hydrogen) atoms. The van der Waals surface area contributed by atoms with E-state index in [1.807, 2.05) is 6.07 Å². The highest BCUT2D eigenvalue weighted by Gasteiger charge is 2.34. The Bertz CT molecular complexity index is 312. The number of rotatable bonds is 6. The monoisotopic (exact) mass is 252 g/mol. The second kappa shape index (κ2) is 6.33. The summed E-state index contributed by atoms with van der Waals surface area (Å²) in [7, 11) is -2.12. The van der Waals surface area contributed by atoms with Gasteiger partial charge in [0, 0.05) is 18.3 Å². The van der Waals surface area contributed by atoms with Gasteiger partial charge in [0.1, 0.15) is 0 Å². The maximum absolute atomic E-state index is 6.07. The largest absolute Gasteiger partial charge is 0.392 e. The Hall–Kier alpha value is -0.643. The molecule has 0 aromatic heterocycles. The van der Waals surface area contributed by atoms with E-state index in [2.05, 4.69) is 58.5 Å². The van der Waals surface area contributed by atoms with Gasteiger partial charge in [-0.3, -0.25) is 0 Å². The van der Waals surface area contributed by atoms with Gasteiger partial charge in [-0.2, -0.15) is 0 Å². The van der Waals surface area contributed by atoms with Crippen LogP contribution in [0.15, 0.2) is 30.3 Å². The van der Waals surface area contributed by atoms with Crippen molar-refractivity contribution in [1.82, 2.24) is 0 Å². The number of hydrogen-bond donors (Lipinski definition) is 0. The maximum Gasteiger partial charge on any atom is 0.339 e. The van der Waals surface area contributed by atoms with Gasteiger partial charge in [0.2, 0.25) is 0 Å². The summed E-state index contributed by atoms with van der Waals surface area (Å²) in [6.07, 6.45) is 0.434. The summed E-state index contributed by atoms with van der Waals surface area (Å²) in [5, 5.41) is 0. The maximum atomic E-state index is 6.07. The molecule has 0 aliphatic carbocycles. The van der Waals surface area contributed by atoms with Gasteiger partial charge in [0.05, 0.1) is 0 Å². The van der Waals surface area contributed by atoms with Crippen LogP contribution in [0.25, 0.3) is 0 Å². The van der Waals surface area contributed by atoms with E-state index in [1.54, 1.807) is 0 Å². The zero-order valence-electron chi connectivity index (χ0n) is 11.6. The first-order valence-corrected chi connectivity index (χ1v) is 8.83. The summed E-state index contributed by atoms with van der Waals surface area (Å²) >= 11 is 0. The van der Waals surface area contributed by atoms with Crippen molar-refractivity contribution in [2.75, 3.05) is 0 Å². The average molecular weight is 252 g/mol. The van der Waals surface area contributed by atoms with Crippen molar-refractivity contribution < 1.29 is 8.85 Å². The van der Waals surface area contributed by atoms with Gasteiger partial charge in [0.15, 0.2) is 0 Å². The molecule has 0 aliphatic rings. The van der Waals surface area contributed by atoms with E-state index in [0.717, 1.165) is 6.04 Å². The van der Waals surface area contributed by atoms with Gasteiger partial charge in [-0.15, -0.1) is 0 Å². The number of hydrogen-bond acceptors (Lipinski definition) is 2. The predicted octanol–water partition coefficient (Wildman–Crippen LogP) is 3.69. The molecule has 2 nitrogen and oxygen atoms in total. The Balaban J connectivity index is 2.76. The third kappa shape index (κ3) is 5.48. The van der Waals surface area contributed by atoms with Gasteiger partial charge < -0.3 is 8.85 Å². The normalized spacial score (nSPS) is 12.4. The topological polar surface area (TPSA) is 18.5 Å². The van der Waals surface area contributed by atoms with Crippen molar-refractivity contribution >= 4 is 8.56 Å². The van der Waals surface area contributed by atoms with Crippen LogP contribution >= 0.6 is 0 Å². The standard InChI is InChI=1S/C14H24O2Si/c1-12(2)15-17(5,16-13(3)4)11-14-9-7-6-8-10-14/h6-10,12-13H,11H2,1-5H3. The van der Waals surface area contributed by atoms with Crippen LogP contribution in [0.4, 0.5) is 0 Å². The third-order valence-corrected chi connectivity index (χ3v) is 5.33. The number of benzene rings is 1. The highest BCUT2D eigenvalue weighted by Crippen LogP contribution is 2.18. The van der Waals surface area contributed by atoms with Crippen molar-refractivity contribution in [3.8, 4) is 0 Å². The van der Waals surface area contributed by atoms with E-state index in [4.69, 9.17) is 8.85 Å². The van der Waals surface area contributed by atoms with Crippen LogP contribution in [0.5, 0.6) is 0 Å². The van der Waals surface area contributed by atoms with Crippen LogP contribution < -0.4 is 0 Å². The molecule has 3 heteroatoms. The van der Waals surface area contributed by atoms with E-state index in [0.29, 0.717) is 0 Å². The van der Waals surface area contributed by atoms with Crippen LogP contribution in [0.1, 0.15) is 33.3 Å². The van der Waals surface area contributed by atoms with E-state index >= 15 is 0 Å². The molecule has 0 amide bonds. The quantitative estimate of drug-likeness (QED) is 0.719. The summed E-state index contributed by atoms with van der Waals surface area (Å²) < 4.78 is 12.1. The molecule has 1 aromatic carbocycles. The molecule has 0 N–H and O–H groups in total. The van der Waals surface area contributed by atoms with Gasteiger partial charge in [0.25, 0.3) is 0 Å². The molecule has 0 radical (unpaired) electrons. The summed E-state index contributed by atoms with van der Waals surface area (Å²) in [6.45, 7) is 10.4. The first-order valence-electron chi connectivity index (χ1n) is 6.31. The molecule has 0 aliphatic heterocycles. The van der Waals surface area contributed by atoms with Gasteiger partial charge in [-0.05, 0) is 39.8 Å². The van der Waals surface area contributed by atoms with Crippen molar-refractivity contribution in [1.29, 1.82) is 0 Å². The van der Waals surface area contributed by atoms with E-state index in [1.165, 1.54) is 5.56 Å². The van der Waals surface area contributed by atoms with Crippen molar-refractivity contribution in [2.24, 2.45) is 0 Å². The highest BCUT2D eigenvalue weighted by molar-refractivity contribution is 6.65. The summed E-state index contributed by atoms with van der Waals surface area (Å²) in [4.78, 5) is 0. The average Bonchev–Trinajstić information content (AvgIpc) is 2.15. The van der Waals surface area contributed by atoms with Crippen LogP contribution in [-0.4, -0.2) is 20.8 Å². The second-order valence-electron chi connectivity index (χ2n) is 5.13. The molecule has 0 bridgehead atoms. The van der Waals surface area contributed by atoms with Crippen LogP contribution in [-0.2, 0) is 14.9 Å². The first kappa shape index (κ1) is 14.4. The van der Waals surface area contributed by atoms with Crippen LogP contribution in [0.2, 0.25) is 6.55 Å². The highest BCUT2D eigenvalue weighted by atomic mass is 28.4. The second-order valence-corrected chi connectivity index (χ2v) is 8.22. The molecular formula is C14H24O2Si. The predicted molar refractivity (Wildman–Crippen MR) is 74.2 cm³/mol. The first-order chi connectivity index (χ1) is 7.91. The smallest absolute Gasteiger partial charge is 0.339 e. The lowest BCUT2D eigenvalue weighted by atomic mass is 10.2. The van der Waals surface area contributed by atoms with Crippen LogP contribution in [0.3, 0.4) is 0 Å². The lowest BCUT2D eigenvalue weighted by Crippen LogP contribution is -2.45. The Kier molecular flexibility index (Phi) is 5.37. The van der Waals surface area contributed by atoms with E-state index < -0.39 is 8.56 Å². The van der Waals surface area contributed by atoms with Crippen molar-refractivity contribution in [2.45, 2.75) is 52.5 Å².